The van der Waals surface area contributed by atoms with E-state index < -0.39 is 0 Å². The summed E-state index contributed by atoms with van der Waals surface area (Å²) in [6.07, 6.45) is 8.14. The largest absolute Gasteiger partial charge is 0.323 e. The second-order valence-electron chi connectivity index (χ2n) is 7.36. The van der Waals surface area contributed by atoms with Gasteiger partial charge in [-0.05, 0) is 30.1 Å². The molecule has 1 aromatic rings. The number of nitrogens with one attached hydrogen (secondary N) is 1. The summed E-state index contributed by atoms with van der Waals surface area (Å²) in [5.74, 6) is 0.517. The lowest BCUT2D eigenvalue weighted by atomic mass is 9.65. The molecule has 2 aliphatic rings. The average molecular weight is 274 g/mol. The molecule has 3 rings (SSSR count). The summed E-state index contributed by atoms with van der Waals surface area (Å²) in [7, 11) is 0. The van der Waals surface area contributed by atoms with Crippen molar-refractivity contribution >= 4 is 11.8 Å². The summed E-state index contributed by atoms with van der Waals surface area (Å²) >= 11 is 0. The van der Waals surface area contributed by atoms with Gasteiger partial charge in [-0.3, -0.25) is 10.3 Å². The molecule has 2 amide bonds. The van der Waals surface area contributed by atoms with E-state index in [9.17, 15) is 4.79 Å². The van der Waals surface area contributed by atoms with Gasteiger partial charge in [0.2, 0.25) is 0 Å². The van der Waals surface area contributed by atoms with E-state index in [4.69, 9.17) is 0 Å². The van der Waals surface area contributed by atoms with Gasteiger partial charge in [0.05, 0.1) is 6.20 Å². The Hall–Kier alpha value is -1.65. The Morgan fingerprint density at radius 2 is 2.15 bits per heavy atom. The number of carbonyl (C=O) groups is 1. The number of nitrogens with zero attached hydrogens (tertiary/aromatic N) is 3. The van der Waals surface area contributed by atoms with Crippen LogP contribution in [0.5, 0.6) is 0 Å². The first-order valence-corrected chi connectivity index (χ1v) is 7.21. The number of carbonyl (C=O) groups excluding carboxylic acids is 1. The maximum absolute atomic E-state index is 12.5. The number of rotatable bonds is 1. The lowest BCUT2D eigenvalue weighted by Crippen LogP contribution is -2.40. The molecule has 0 radical (unpaired) electrons. The third-order valence-corrected chi connectivity index (χ3v) is 4.47. The Morgan fingerprint density at radius 3 is 2.85 bits per heavy atom. The highest BCUT2D eigenvalue weighted by atomic mass is 16.2. The van der Waals surface area contributed by atoms with Crippen LogP contribution in [0.1, 0.15) is 40.0 Å². The van der Waals surface area contributed by atoms with Gasteiger partial charge in [-0.1, -0.05) is 20.8 Å². The minimum Gasteiger partial charge on any atom is -0.321 e. The molecule has 2 fully saturated rings. The van der Waals surface area contributed by atoms with Gasteiger partial charge in [0, 0.05) is 25.0 Å². The predicted molar refractivity (Wildman–Crippen MR) is 77.3 cm³/mol. The van der Waals surface area contributed by atoms with E-state index in [0.717, 1.165) is 19.4 Å². The fraction of sp³-hybridized carbons (Fsp3) is 0.667. The maximum Gasteiger partial charge on any atom is 0.323 e. The zero-order chi connectivity index (χ0) is 14.4. The van der Waals surface area contributed by atoms with Gasteiger partial charge < -0.3 is 4.90 Å². The molecule has 20 heavy (non-hydrogen) atoms. The number of hydrogen-bond donors (Lipinski definition) is 1. The van der Waals surface area contributed by atoms with Crippen molar-refractivity contribution in [1.82, 2.24) is 14.9 Å². The second-order valence-corrected chi connectivity index (χ2v) is 7.36. The number of amides is 2. The van der Waals surface area contributed by atoms with Crippen molar-refractivity contribution < 1.29 is 4.79 Å². The summed E-state index contributed by atoms with van der Waals surface area (Å²) in [6, 6.07) is 0.303. The fourth-order valence-corrected chi connectivity index (χ4v) is 4.24. The number of urea groups is 1. The zero-order valence-electron chi connectivity index (χ0n) is 12.4. The van der Waals surface area contributed by atoms with E-state index in [1.54, 1.807) is 18.6 Å². The van der Waals surface area contributed by atoms with Gasteiger partial charge in [-0.2, -0.15) is 0 Å². The first kappa shape index (κ1) is 13.3. The number of aromatic nitrogens is 2. The molecular formula is C15H22N4O. The van der Waals surface area contributed by atoms with E-state index in [2.05, 4.69) is 36.1 Å². The molecule has 5 heteroatoms. The normalized spacial score (nSPS) is 31.1. The van der Waals surface area contributed by atoms with E-state index in [-0.39, 0.29) is 11.4 Å². The van der Waals surface area contributed by atoms with Crippen molar-refractivity contribution in [3.63, 3.8) is 0 Å². The molecule has 2 atom stereocenters. The molecule has 1 aliphatic heterocycles. The van der Waals surface area contributed by atoms with Crippen molar-refractivity contribution in [2.24, 2.45) is 10.8 Å². The smallest absolute Gasteiger partial charge is 0.321 e. The summed E-state index contributed by atoms with van der Waals surface area (Å²) in [5.41, 5.74) is 0.575. The molecule has 1 saturated heterocycles. The maximum atomic E-state index is 12.5. The summed E-state index contributed by atoms with van der Waals surface area (Å²) in [4.78, 5) is 22.5. The Labute approximate surface area is 119 Å². The van der Waals surface area contributed by atoms with E-state index >= 15 is 0 Å². The van der Waals surface area contributed by atoms with E-state index in [1.165, 1.54) is 6.42 Å². The molecule has 2 bridgehead atoms. The zero-order valence-corrected chi connectivity index (χ0v) is 12.4. The first-order valence-electron chi connectivity index (χ1n) is 7.21. The van der Waals surface area contributed by atoms with Crippen molar-refractivity contribution in [2.75, 3.05) is 11.9 Å². The highest BCUT2D eigenvalue weighted by molar-refractivity contribution is 5.88. The van der Waals surface area contributed by atoms with Crippen LogP contribution in [0.4, 0.5) is 10.6 Å². The van der Waals surface area contributed by atoms with Crippen LogP contribution in [0.3, 0.4) is 0 Å². The number of likely N-dealkylation sites (tertiary alicyclic amines) is 1. The van der Waals surface area contributed by atoms with Crippen LogP contribution in [-0.2, 0) is 0 Å². The van der Waals surface area contributed by atoms with Crippen molar-refractivity contribution in [1.29, 1.82) is 0 Å². The van der Waals surface area contributed by atoms with Gasteiger partial charge in [-0.15, -0.1) is 0 Å². The Morgan fingerprint density at radius 1 is 1.35 bits per heavy atom. The molecule has 2 heterocycles. The number of anilines is 1. The lowest BCUT2D eigenvalue weighted by molar-refractivity contribution is 0.130. The first-order chi connectivity index (χ1) is 9.37. The molecular weight excluding hydrogens is 252 g/mol. The van der Waals surface area contributed by atoms with Gasteiger partial charge in [0.25, 0.3) is 0 Å². The van der Waals surface area contributed by atoms with E-state index in [0.29, 0.717) is 17.3 Å². The molecule has 108 valence electrons. The molecule has 2 unspecified atom stereocenters. The summed E-state index contributed by atoms with van der Waals surface area (Å²) in [6.45, 7) is 7.76. The number of hydrogen-bond acceptors (Lipinski definition) is 3. The van der Waals surface area contributed by atoms with Gasteiger partial charge in [-0.25, -0.2) is 9.78 Å². The Balaban J connectivity index is 1.74. The summed E-state index contributed by atoms with van der Waals surface area (Å²) < 4.78 is 0. The SMILES string of the molecule is CC1(C)CC2CC(C)(CN2C(=O)Nc2cnccn2)C1. The monoisotopic (exact) mass is 274 g/mol. The van der Waals surface area contributed by atoms with Crippen LogP contribution in [0.2, 0.25) is 0 Å². The molecule has 1 aromatic heterocycles. The van der Waals surface area contributed by atoms with Crippen LogP contribution in [-0.4, -0.2) is 33.5 Å². The van der Waals surface area contributed by atoms with Gasteiger partial charge in [0.1, 0.15) is 0 Å². The third kappa shape index (κ3) is 2.49. The standard InChI is InChI=1S/C15H22N4O/c1-14(2)6-11-7-15(3,9-14)10-19(11)13(20)18-12-8-16-4-5-17-12/h4-5,8,11H,6-7,9-10H2,1-3H3,(H,17,18,20). The van der Waals surface area contributed by atoms with Crippen molar-refractivity contribution in [3.05, 3.63) is 18.6 Å². The van der Waals surface area contributed by atoms with Crippen LogP contribution in [0.25, 0.3) is 0 Å². The van der Waals surface area contributed by atoms with Crippen molar-refractivity contribution in [2.45, 2.75) is 46.1 Å². The molecule has 5 nitrogen and oxygen atoms in total. The Bertz CT molecular complexity index is 516. The molecule has 1 aliphatic carbocycles. The van der Waals surface area contributed by atoms with Gasteiger partial charge >= 0.3 is 6.03 Å². The molecule has 0 aromatic carbocycles. The summed E-state index contributed by atoms with van der Waals surface area (Å²) in [5, 5.41) is 2.85. The molecule has 1 saturated carbocycles. The van der Waals surface area contributed by atoms with Crippen LogP contribution in [0.15, 0.2) is 18.6 Å². The average Bonchev–Trinajstić information content (AvgIpc) is 2.60. The lowest BCUT2D eigenvalue weighted by Gasteiger charge is -2.39. The topological polar surface area (TPSA) is 58.1 Å². The van der Waals surface area contributed by atoms with Crippen LogP contribution < -0.4 is 5.32 Å². The molecule has 1 N–H and O–H groups in total. The predicted octanol–water partition coefficient (Wildman–Crippen LogP) is 2.91. The Kier molecular flexibility index (Phi) is 2.96. The fourth-order valence-electron chi connectivity index (χ4n) is 4.24. The minimum absolute atomic E-state index is 0.0445. The van der Waals surface area contributed by atoms with Crippen LogP contribution >= 0.6 is 0 Å². The minimum atomic E-state index is -0.0445. The molecule has 0 spiro atoms. The third-order valence-electron chi connectivity index (χ3n) is 4.47. The van der Waals surface area contributed by atoms with E-state index in [1.807, 2.05) is 4.90 Å². The quantitative estimate of drug-likeness (QED) is 0.856. The number of fused-ring (bicyclic) bond motifs is 2. The second kappa shape index (κ2) is 4.43. The van der Waals surface area contributed by atoms with Crippen LogP contribution in [0, 0.1) is 10.8 Å². The van der Waals surface area contributed by atoms with Gasteiger partial charge in [0.15, 0.2) is 5.82 Å². The highest BCUT2D eigenvalue weighted by Crippen LogP contribution is 2.52. The highest BCUT2D eigenvalue weighted by Gasteiger charge is 2.51. The van der Waals surface area contributed by atoms with Crippen molar-refractivity contribution in [3.8, 4) is 0 Å².